The molecule has 6 heteroatoms. The second kappa shape index (κ2) is 7.61. The lowest BCUT2D eigenvalue weighted by Gasteiger charge is -2.11. The highest BCUT2D eigenvalue weighted by Gasteiger charge is 2.05. The van der Waals surface area contributed by atoms with Crippen LogP contribution in [0.25, 0.3) is 0 Å². The van der Waals surface area contributed by atoms with Crippen molar-refractivity contribution in [3.63, 3.8) is 0 Å². The molecule has 2 N–H and O–H groups in total. The van der Waals surface area contributed by atoms with E-state index in [1.54, 1.807) is 12.1 Å². The summed E-state index contributed by atoms with van der Waals surface area (Å²) in [7, 11) is 0. The topological polar surface area (TPSA) is 59.1 Å². The SMILES string of the molecule is CCOc1ccc(Nc2cc(C)nc(Nc3cccc(F)c3)n2)cc1. The highest BCUT2D eigenvalue weighted by Crippen LogP contribution is 2.21. The number of ether oxygens (including phenoxy) is 1. The van der Waals surface area contributed by atoms with Crippen LogP contribution < -0.4 is 15.4 Å². The summed E-state index contributed by atoms with van der Waals surface area (Å²) in [5, 5.41) is 6.25. The van der Waals surface area contributed by atoms with Crippen molar-refractivity contribution >= 4 is 23.1 Å². The summed E-state index contributed by atoms with van der Waals surface area (Å²) in [5.41, 5.74) is 2.28. The Balaban J connectivity index is 1.77. The van der Waals surface area contributed by atoms with Gasteiger partial charge in [-0.15, -0.1) is 0 Å². The maximum Gasteiger partial charge on any atom is 0.229 e. The zero-order valence-electron chi connectivity index (χ0n) is 14.1. The molecule has 0 saturated heterocycles. The standard InChI is InChI=1S/C19H19FN4O/c1-3-25-17-9-7-15(8-10-17)22-18-11-13(2)21-19(24-18)23-16-6-4-5-14(20)12-16/h4-12H,3H2,1-2H3,(H2,21,22,23,24). The third-order valence-corrected chi connectivity index (χ3v) is 3.37. The van der Waals surface area contributed by atoms with Crippen LogP contribution in [0.1, 0.15) is 12.6 Å². The molecular weight excluding hydrogens is 319 g/mol. The first-order valence-electron chi connectivity index (χ1n) is 8.00. The summed E-state index contributed by atoms with van der Waals surface area (Å²) >= 11 is 0. The van der Waals surface area contributed by atoms with Gasteiger partial charge in [0.2, 0.25) is 5.95 Å². The third-order valence-electron chi connectivity index (χ3n) is 3.37. The number of aromatic nitrogens is 2. The van der Waals surface area contributed by atoms with Crippen LogP contribution in [-0.4, -0.2) is 16.6 Å². The van der Waals surface area contributed by atoms with E-state index in [1.165, 1.54) is 12.1 Å². The summed E-state index contributed by atoms with van der Waals surface area (Å²) in [4.78, 5) is 8.76. The first-order chi connectivity index (χ1) is 12.1. The molecule has 0 unspecified atom stereocenters. The highest BCUT2D eigenvalue weighted by atomic mass is 19.1. The maximum atomic E-state index is 13.3. The summed E-state index contributed by atoms with van der Waals surface area (Å²) < 4.78 is 18.7. The lowest BCUT2D eigenvalue weighted by atomic mass is 10.3. The van der Waals surface area contributed by atoms with Crippen molar-refractivity contribution in [2.24, 2.45) is 0 Å². The molecule has 0 bridgehead atoms. The van der Waals surface area contributed by atoms with E-state index in [0.717, 1.165) is 17.1 Å². The molecule has 0 aliphatic rings. The predicted molar refractivity (Wildman–Crippen MR) is 97.3 cm³/mol. The van der Waals surface area contributed by atoms with Gasteiger partial charge in [-0.1, -0.05) is 6.07 Å². The van der Waals surface area contributed by atoms with E-state index < -0.39 is 0 Å². The van der Waals surface area contributed by atoms with Gasteiger partial charge in [0.05, 0.1) is 6.61 Å². The van der Waals surface area contributed by atoms with Gasteiger partial charge in [-0.3, -0.25) is 0 Å². The molecular formula is C19H19FN4O. The molecule has 1 heterocycles. The normalized spacial score (nSPS) is 10.4. The minimum Gasteiger partial charge on any atom is -0.494 e. The van der Waals surface area contributed by atoms with Crippen molar-refractivity contribution in [1.29, 1.82) is 0 Å². The number of benzene rings is 2. The first-order valence-corrected chi connectivity index (χ1v) is 8.00. The minimum absolute atomic E-state index is 0.314. The van der Waals surface area contributed by atoms with Crippen LogP contribution in [-0.2, 0) is 0 Å². The number of nitrogens with zero attached hydrogens (tertiary/aromatic N) is 2. The zero-order chi connectivity index (χ0) is 17.6. The molecule has 0 aliphatic heterocycles. The van der Waals surface area contributed by atoms with Crippen LogP contribution >= 0.6 is 0 Å². The van der Waals surface area contributed by atoms with Crippen molar-refractivity contribution in [2.45, 2.75) is 13.8 Å². The van der Waals surface area contributed by atoms with Gasteiger partial charge in [0, 0.05) is 23.1 Å². The molecule has 0 aliphatic carbocycles. The van der Waals surface area contributed by atoms with E-state index in [1.807, 2.05) is 44.2 Å². The molecule has 3 rings (SSSR count). The summed E-state index contributed by atoms with van der Waals surface area (Å²) in [6, 6.07) is 15.6. The molecule has 128 valence electrons. The van der Waals surface area contributed by atoms with E-state index in [4.69, 9.17) is 4.74 Å². The van der Waals surface area contributed by atoms with Crippen LogP contribution in [0.5, 0.6) is 5.75 Å². The smallest absolute Gasteiger partial charge is 0.229 e. The lowest BCUT2D eigenvalue weighted by Crippen LogP contribution is -2.02. The Morgan fingerprint density at radius 1 is 0.960 bits per heavy atom. The monoisotopic (exact) mass is 338 g/mol. The molecule has 0 spiro atoms. The molecule has 0 radical (unpaired) electrons. The van der Waals surface area contributed by atoms with Gasteiger partial charge < -0.3 is 15.4 Å². The lowest BCUT2D eigenvalue weighted by molar-refractivity contribution is 0.340. The fourth-order valence-corrected chi connectivity index (χ4v) is 2.33. The Labute approximate surface area is 145 Å². The maximum absolute atomic E-state index is 13.3. The first kappa shape index (κ1) is 16.7. The van der Waals surface area contributed by atoms with E-state index >= 15 is 0 Å². The quantitative estimate of drug-likeness (QED) is 0.675. The van der Waals surface area contributed by atoms with E-state index in [0.29, 0.717) is 24.1 Å². The number of hydrogen-bond acceptors (Lipinski definition) is 5. The van der Waals surface area contributed by atoms with Crippen LogP contribution in [0.15, 0.2) is 54.6 Å². The molecule has 25 heavy (non-hydrogen) atoms. The number of halogens is 1. The fraction of sp³-hybridized carbons (Fsp3) is 0.158. The second-order valence-electron chi connectivity index (χ2n) is 5.44. The molecule has 5 nitrogen and oxygen atoms in total. The van der Waals surface area contributed by atoms with Crippen molar-refractivity contribution in [3.05, 3.63) is 66.1 Å². The Hall–Kier alpha value is -3.15. The van der Waals surface area contributed by atoms with Gasteiger partial charge >= 0.3 is 0 Å². The van der Waals surface area contributed by atoms with Gasteiger partial charge in [-0.05, 0) is 56.3 Å². The predicted octanol–water partition coefficient (Wildman–Crippen LogP) is 4.81. The Kier molecular flexibility index (Phi) is 5.09. The Bertz CT molecular complexity index is 852. The van der Waals surface area contributed by atoms with Crippen molar-refractivity contribution in [3.8, 4) is 5.75 Å². The molecule has 0 saturated carbocycles. The third kappa shape index (κ3) is 4.67. The van der Waals surface area contributed by atoms with Gasteiger partial charge in [0.25, 0.3) is 0 Å². The largest absolute Gasteiger partial charge is 0.494 e. The average molecular weight is 338 g/mol. The van der Waals surface area contributed by atoms with E-state index in [9.17, 15) is 4.39 Å². The van der Waals surface area contributed by atoms with Crippen molar-refractivity contribution < 1.29 is 9.13 Å². The molecule has 0 fully saturated rings. The van der Waals surface area contributed by atoms with E-state index in [2.05, 4.69) is 20.6 Å². The molecule has 2 aromatic carbocycles. The molecule has 1 aromatic heterocycles. The Morgan fingerprint density at radius 2 is 1.76 bits per heavy atom. The average Bonchev–Trinajstić information content (AvgIpc) is 2.56. The molecule has 0 atom stereocenters. The van der Waals surface area contributed by atoms with Crippen molar-refractivity contribution in [1.82, 2.24) is 9.97 Å². The van der Waals surface area contributed by atoms with Crippen LogP contribution in [0.4, 0.5) is 27.5 Å². The second-order valence-corrected chi connectivity index (χ2v) is 5.44. The molecule has 0 amide bonds. The van der Waals surface area contributed by atoms with E-state index in [-0.39, 0.29) is 5.82 Å². The van der Waals surface area contributed by atoms with Crippen LogP contribution in [0.2, 0.25) is 0 Å². The fourth-order valence-electron chi connectivity index (χ4n) is 2.33. The number of aryl methyl sites for hydroxylation is 1. The highest BCUT2D eigenvalue weighted by molar-refractivity contribution is 5.60. The summed E-state index contributed by atoms with van der Waals surface area (Å²) in [6.45, 7) is 4.46. The Morgan fingerprint density at radius 3 is 2.48 bits per heavy atom. The van der Waals surface area contributed by atoms with Gasteiger partial charge in [-0.2, -0.15) is 4.98 Å². The van der Waals surface area contributed by atoms with Crippen molar-refractivity contribution in [2.75, 3.05) is 17.2 Å². The minimum atomic E-state index is -0.314. The number of anilines is 4. The van der Waals surface area contributed by atoms with Gasteiger partial charge in [-0.25, -0.2) is 9.37 Å². The van der Waals surface area contributed by atoms with Gasteiger partial charge in [0.15, 0.2) is 0 Å². The summed E-state index contributed by atoms with van der Waals surface area (Å²) in [5.74, 6) is 1.56. The van der Waals surface area contributed by atoms with Gasteiger partial charge in [0.1, 0.15) is 17.4 Å². The van der Waals surface area contributed by atoms with Crippen LogP contribution in [0, 0.1) is 12.7 Å². The molecule has 3 aromatic rings. The zero-order valence-corrected chi connectivity index (χ0v) is 14.1. The number of rotatable bonds is 6. The summed E-state index contributed by atoms with van der Waals surface area (Å²) in [6.07, 6.45) is 0. The number of hydrogen-bond donors (Lipinski definition) is 2. The van der Waals surface area contributed by atoms with Crippen LogP contribution in [0.3, 0.4) is 0 Å². The number of nitrogens with one attached hydrogen (secondary N) is 2.